The average molecular weight is 271 g/mol. The molecule has 1 heterocycles. The molecular weight excluding hydrogens is 242 g/mol. The number of carbonyl (C=O) groups is 1. The lowest BCUT2D eigenvalue weighted by molar-refractivity contribution is -0.0150. The van der Waals surface area contributed by atoms with Gasteiger partial charge in [0, 0.05) is 12.6 Å². The number of hydrogen-bond donors (Lipinski definition) is 1. The minimum Gasteiger partial charge on any atom is -0.444 e. The van der Waals surface area contributed by atoms with Crippen LogP contribution in [0.15, 0.2) is 0 Å². The van der Waals surface area contributed by atoms with Gasteiger partial charge in [-0.3, -0.25) is 0 Å². The lowest BCUT2D eigenvalue weighted by atomic mass is 9.80. The molecule has 1 N–H and O–H groups in total. The largest absolute Gasteiger partial charge is 0.444 e. The van der Waals surface area contributed by atoms with Gasteiger partial charge in [0.25, 0.3) is 0 Å². The van der Waals surface area contributed by atoms with E-state index in [1.807, 2.05) is 25.7 Å². The second-order valence-electron chi connectivity index (χ2n) is 7.55. The fourth-order valence-electron chi connectivity index (χ4n) is 2.56. The first kappa shape index (κ1) is 16.3. The number of aliphatic hydroxyl groups is 1. The molecular formula is C15H29NO3. The van der Waals surface area contributed by atoms with E-state index >= 15 is 0 Å². The van der Waals surface area contributed by atoms with E-state index in [-0.39, 0.29) is 17.6 Å². The van der Waals surface area contributed by atoms with E-state index in [0.717, 1.165) is 12.8 Å². The van der Waals surface area contributed by atoms with Crippen LogP contribution in [-0.4, -0.2) is 40.4 Å². The monoisotopic (exact) mass is 271 g/mol. The molecule has 19 heavy (non-hydrogen) atoms. The fourth-order valence-corrected chi connectivity index (χ4v) is 2.56. The van der Waals surface area contributed by atoms with Gasteiger partial charge in [-0.15, -0.1) is 0 Å². The van der Waals surface area contributed by atoms with Gasteiger partial charge in [0.05, 0.1) is 6.10 Å². The molecule has 1 fully saturated rings. The average Bonchev–Trinajstić information content (AvgIpc) is 2.17. The minimum atomic E-state index is -0.478. The van der Waals surface area contributed by atoms with Crippen LogP contribution in [0.4, 0.5) is 4.79 Å². The summed E-state index contributed by atoms with van der Waals surface area (Å²) < 4.78 is 5.49. The third kappa shape index (κ3) is 5.39. The van der Waals surface area contributed by atoms with E-state index in [1.165, 1.54) is 0 Å². The number of carbonyl (C=O) groups excluding carboxylic acids is 1. The van der Waals surface area contributed by atoms with Crippen molar-refractivity contribution in [1.82, 2.24) is 4.90 Å². The fraction of sp³-hybridized carbons (Fsp3) is 0.933. The van der Waals surface area contributed by atoms with Crippen LogP contribution in [-0.2, 0) is 4.74 Å². The Kier molecular flexibility index (Phi) is 4.88. The van der Waals surface area contributed by atoms with Gasteiger partial charge < -0.3 is 14.7 Å². The van der Waals surface area contributed by atoms with Gasteiger partial charge in [-0.1, -0.05) is 13.8 Å². The van der Waals surface area contributed by atoms with Crippen molar-refractivity contribution in [1.29, 1.82) is 0 Å². The molecule has 0 aromatic rings. The highest BCUT2D eigenvalue weighted by molar-refractivity contribution is 5.68. The van der Waals surface area contributed by atoms with Crippen molar-refractivity contribution in [2.45, 2.75) is 78.6 Å². The van der Waals surface area contributed by atoms with Gasteiger partial charge >= 0.3 is 6.09 Å². The van der Waals surface area contributed by atoms with Gasteiger partial charge in [-0.05, 0) is 52.4 Å². The molecule has 1 aliphatic heterocycles. The topological polar surface area (TPSA) is 49.8 Å². The lowest BCUT2D eigenvalue weighted by Gasteiger charge is -2.44. The van der Waals surface area contributed by atoms with Crippen LogP contribution in [0.25, 0.3) is 0 Å². The van der Waals surface area contributed by atoms with Crippen molar-refractivity contribution in [3.63, 3.8) is 0 Å². The molecule has 0 aromatic heterocycles. The second-order valence-corrected chi connectivity index (χ2v) is 7.55. The van der Waals surface area contributed by atoms with Gasteiger partial charge in [0.2, 0.25) is 0 Å². The molecule has 4 heteroatoms. The minimum absolute atomic E-state index is 0.0860. The van der Waals surface area contributed by atoms with Crippen LogP contribution in [0, 0.1) is 5.41 Å². The molecule has 0 aromatic carbocycles. The van der Waals surface area contributed by atoms with E-state index in [2.05, 4.69) is 13.8 Å². The van der Waals surface area contributed by atoms with Crippen LogP contribution in [0.5, 0.6) is 0 Å². The van der Waals surface area contributed by atoms with Crippen molar-refractivity contribution in [2.75, 3.05) is 6.54 Å². The molecule has 1 aliphatic rings. The number of rotatable bonds is 2. The first-order chi connectivity index (χ1) is 8.50. The molecule has 2 unspecified atom stereocenters. The van der Waals surface area contributed by atoms with Crippen molar-refractivity contribution >= 4 is 6.09 Å². The number of piperidine rings is 1. The summed E-state index contributed by atoms with van der Waals surface area (Å²) in [5.41, 5.74) is -0.361. The summed E-state index contributed by atoms with van der Waals surface area (Å²) >= 11 is 0. The van der Waals surface area contributed by atoms with Crippen LogP contribution < -0.4 is 0 Å². The standard InChI is InChI=1S/C15H29NO3/c1-11(17)9-12-7-8-15(5,6)10-16(12)13(18)19-14(2,3)4/h11-12,17H,7-10H2,1-6H3. The van der Waals surface area contributed by atoms with Gasteiger partial charge in [0.1, 0.15) is 5.60 Å². The number of amides is 1. The third-order valence-corrected chi connectivity index (χ3v) is 3.43. The number of ether oxygens (including phenoxy) is 1. The van der Waals surface area contributed by atoms with Crippen molar-refractivity contribution < 1.29 is 14.6 Å². The molecule has 0 spiro atoms. The Bertz CT molecular complexity index is 318. The zero-order chi connectivity index (χ0) is 14.8. The highest BCUT2D eigenvalue weighted by Crippen LogP contribution is 2.34. The highest BCUT2D eigenvalue weighted by atomic mass is 16.6. The molecule has 112 valence electrons. The summed E-state index contributed by atoms with van der Waals surface area (Å²) in [6.07, 6.45) is 1.97. The normalized spacial score (nSPS) is 25.0. The molecule has 1 saturated heterocycles. The predicted octanol–water partition coefficient (Wildman–Crippen LogP) is 3.18. The van der Waals surface area contributed by atoms with Crippen LogP contribution in [0.3, 0.4) is 0 Å². The quantitative estimate of drug-likeness (QED) is 0.839. The van der Waals surface area contributed by atoms with Crippen LogP contribution in [0.2, 0.25) is 0 Å². The Labute approximate surface area is 117 Å². The molecule has 1 amide bonds. The maximum absolute atomic E-state index is 12.3. The van der Waals surface area contributed by atoms with Crippen LogP contribution in [0.1, 0.15) is 60.8 Å². The Morgan fingerprint density at radius 1 is 1.47 bits per heavy atom. The summed E-state index contributed by atoms with van der Waals surface area (Å²) in [5, 5.41) is 9.59. The predicted molar refractivity (Wildman–Crippen MR) is 76.0 cm³/mol. The first-order valence-corrected chi connectivity index (χ1v) is 7.18. The first-order valence-electron chi connectivity index (χ1n) is 7.18. The Morgan fingerprint density at radius 3 is 2.53 bits per heavy atom. The summed E-state index contributed by atoms with van der Waals surface area (Å²) in [4.78, 5) is 14.1. The summed E-state index contributed by atoms with van der Waals surface area (Å²) in [6, 6.07) is 0.0860. The summed E-state index contributed by atoms with van der Waals surface area (Å²) in [5.74, 6) is 0. The molecule has 0 saturated carbocycles. The van der Waals surface area contributed by atoms with Gasteiger partial charge in [-0.25, -0.2) is 4.79 Å². The van der Waals surface area contributed by atoms with Gasteiger partial charge in [0.15, 0.2) is 0 Å². The molecule has 0 aliphatic carbocycles. The van der Waals surface area contributed by atoms with E-state index in [0.29, 0.717) is 13.0 Å². The summed E-state index contributed by atoms with van der Waals surface area (Å²) in [6.45, 7) is 12.4. The van der Waals surface area contributed by atoms with Gasteiger partial charge in [-0.2, -0.15) is 0 Å². The zero-order valence-electron chi connectivity index (χ0n) is 13.2. The summed E-state index contributed by atoms with van der Waals surface area (Å²) in [7, 11) is 0. The second kappa shape index (κ2) is 5.70. The SMILES string of the molecule is CC(O)CC1CCC(C)(C)CN1C(=O)OC(C)(C)C. The Hall–Kier alpha value is -0.770. The maximum Gasteiger partial charge on any atom is 0.410 e. The molecule has 4 nitrogen and oxygen atoms in total. The number of hydrogen-bond acceptors (Lipinski definition) is 3. The van der Waals surface area contributed by atoms with Crippen molar-refractivity contribution in [3.05, 3.63) is 0 Å². The van der Waals surface area contributed by atoms with E-state index in [4.69, 9.17) is 4.74 Å². The Morgan fingerprint density at radius 2 is 2.05 bits per heavy atom. The maximum atomic E-state index is 12.3. The van der Waals surface area contributed by atoms with E-state index in [1.54, 1.807) is 6.92 Å². The number of likely N-dealkylation sites (tertiary alicyclic amines) is 1. The molecule has 2 atom stereocenters. The molecule has 0 bridgehead atoms. The van der Waals surface area contributed by atoms with Crippen LogP contribution >= 0.6 is 0 Å². The molecule has 0 radical (unpaired) electrons. The smallest absolute Gasteiger partial charge is 0.410 e. The number of aliphatic hydroxyl groups excluding tert-OH is 1. The Balaban J connectivity index is 2.79. The third-order valence-electron chi connectivity index (χ3n) is 3.43. The highest BCUT2D eigenvalue weighted by Gasteiger charge is 2.37. The van der Waals surface area contributed by atoms with E-state index < -0.39 is 11.7 Å². The van der Waals surface area contributed by atoms with E-state index in [9.17, 15) is 9.90 Å². The zero-order valence-corrected chi connectivity index (χ0v) is 13.2. The lowest BCUT2D eigenvalue weighted by Crippen LogP contribution is -2.52. The van der Waals surface area contributed by atoms with Crippen molar-refractivity contribution in [3.8, 4) is 0 Å². The molecule has 1 rings (SSSR count). The number of nitrogens with zero attached hydrogens (tertiary/aromatic N) is 1. The van der Waals surface area contributed by atoms with Crippen molar-refractivity contribution in [2.24, 2.45) is 5.41 Å².